The van der Waals surface area contributed by atoms with Gasteiger partial charge in [0.05, 0.1) is 5.69 Å². The first-order valence-electron chi connectivity index (χ1n) is 5.53. The molecule has 0 bridgehead atoms. The van der Waals surface area contributed by atoms with Gasteiger partial charge in [0, 0.05) is 0 Å². The minimum Gasteiger partial charge on any atom is -0.360 e. The van der Waals surface area contributed by atoms with Crippen molar-refractivity contribution in [3.63, 3.8) is 0 Å². The lowest BCUT2D eigenvalue weighted by Crippen LogP contribution is -2.14. The number of nitrogens with one attached hydrogen (secondary N) is 1. The number of aryl methyl sites for hydroxylation is 3. The molecule has 0 spiro atoms. The number of hydrogen-bond donors (Lipinski definition) is 1. The summed E-state index contributed by atoms with van der Waals surface area (Å²) in [5, 5.41) is 3.59. The molecule has 0 aliphatic rings. The van der Waals surface area contributed by atoms with Gasteiger partial charge in [-0.3, -0.25) is 4.72 Å². The summed E-state index contributed by atoms with van der Waals surface area (Å²) in [6.07, 6.45) is 0. The Morgan fingerprint density at radius 3 is 2.47 bits per heavy atom. The van der Waals surface area contributed by atoms with E-state index in [9.17, 15) is 12.8 Å². The number of aromatic nitrogens is 1. The minimum atomic E-state index is -3.83. The average molecular weight is 284 g/mol. The van der Waals surface area contributed by atoms with Crippen LogP contribution in [-0.4, -0.2) is 13.6 Å². The van der Waals surface area contributed by atoms with E-state index in [0.717, 1.165) is 6.07 Å². The molecular formula is C12H13FN2O3S. The predicted octanol–water partition coefficient (Wildman–Crippen LogP) is 2.54. The molecule has 0 amide bonds. The van der Waals surface area contributed by atoms with E-state index in [1.807, 2.05) is 0 Å². The van der Waals surface area contributed by atoms with Gasteiger partial charge in [-0.2, -0.15) is 0 Å². The zero-order valence-corrected chi connectivity index (χ0v) is 11.5. The smallest absolute Gasteiger partial charge is 0.267 e. The molecule has 1 N–H and O–H groups in total. The van der Waals surface area contributed by atoms with Gasteiger partial charge in [-0.15, -0.1) is 0 Å². The van der Waals surface area contributed by atoms with Crippen molar-refractivity contribution in [1.29, 1.82) is 0 Å². The summed E-state index contributed by atoms with van der Waals surface area (Å²) < 4.78 is 44.8. The van der Waals surface area contributed by atoms with Crippen molar-refractivity contribution in [2.24, 2.45) is 0 Å². The van der Waals surface area contributed by atoms with Gasteiger partial charge in [0.25, 0.3) is 10.0 Å². The lowest BCUT2D eigenvalue weighted by molar-refractivity contribution is 0.390. The first-order valence-corrected chi connectivity index (χ1v) is 7.01. The van der Waals surface area contributed by atoms with E-state index in [1.54, 1.807) is 6.92 Å². The van der Waals surface area contributed by atoms with Crippen LogP contribution in [0.1, 0.15) is 17.0 Å². The van der Waals surface area contributed by atoms with Crippen molar-refractivity contribution < 1.29 is 17.3 Å². The second kappa shape index (κ2) is 4.65. The molecule has 102 valence electrons. The Hall–Kier alpha value is -1.89. The minimum absolute atomic E-state index is 0.0199. The summed E-state index contributed by atoms with van der Waals surface area (Å²) in [4.78, 5) is -0.0199. The monoisotopic (exact) mass is 284 g/mol. The molecule has 1 aromatic carbocycles. The first kappa shape index (κ1) is 13.5. The number of halogens is 1. The molecule has 5 nitrogen and oxygen atoms in total. The Kier molecular flexibility index (Phi) is 3.32. The zero-order chi connectivity index (χ0) is 14.2. The van der Waals surface area contributed by atoms with Crippen LogP contribution < -0.4 is 4.72 Å². The maximum Gasteiger partial charge on any atom is 0.267 e. The van der Waals surface area contributed by atoms with Crippen molar-refractivity contribution in [3.8, 4) is 0 Å². The third-order valence-electron chi connectivity index (χ3n) is 2.66. The molecule has 1 heterocycles. The lowest BCUT2D eigenvalue weighted by atomic mass is 10.2. The van der Waals surface area contributed by atoms with Crippen LogP contribution in [0.3, 0.4) is 0 Å². The van der Waals surface area contributed by atoms with Crippen molar-refractivity contribution >= 4 is 15.7 Å². The normalized spacial score (nSPS) is 11.6. The maximum atomic E-state index is 13.4. The highest BCUT2D eigenvalue weighted by atomic mass is 32.2. The highest BCUT2D eigenvalue weighted by molar-refractivity contribution is 7.92. The maximum absolute atomic E-state index is 13.4. The quantitative estimate of drug-likeness (QED) is 0.940. The lowest BCUT2D eigenvalue weighted by Gasteiger charge is -2.08. The van der Waals surface area contributed by atoms with Gasteiger partial charge in [-0.25, -0.2) is 12.8 Å². The fourth-order valence-corrected chi connectivity index (χ4v) is 3.10. The van der Waals surface area contributed by atoms with Gasteiger partial charge in [0.15, 0.2) is 10.7 Å². The predicted molar refractivity (Wildman–Crippen MR) is 67.9 cm³/mol. The molecule has 0 aliphatic carbocycles. The fourth-order valence-electron chi connectivity index (χ4n) is 1.72. The third-order valence-corrected chi connectivity index (χ3v) is 4.29. The van der Waals surface area contributed by atoms with Crippen molar-refractivity contribution in [2.75, 3.05) is 4.72 Å². The van der Waals surface area contributed by atoms with Crippen LogP contribution in [0, 0.1) is 26.6 Å². The molecule has 2 aromatic rings. The number of nitrogens with zero attached hydrogens (tertiary/aromatic N) is 1. The molecular weight excluding hydrogens is 271 g/mol. The number of sulfonamides is 1. The van der Waals surface area contributed by atoms with Crippen LogP contribution in [0.15, 0.2) is 27.6 Å². The molecule has 2 rings (SSSR count). The summed E-state index contributed by atoms with van der Waals surface area (Å²) in [5.41, 5.74) is 0.862. The molecule has 0 saturated heterocycles. The molecule has 19 heavy (non-hydrogen) atoms. The van der Waals surface area contributed by atoms with E-state index in [2.05, 4.69) is 9.88 Å². The number of anilines is 1. The van der Waals surface area contributed by atoms with Gasteiger partial charge < -0.3 is 4.52 Å². The second-order valence-electron chi connectivity index (χ2n) is 4.22. The number of benzene rings is 1. The van der Waals surface area contributed by atoms with Gasteiger partial charge in [0.2, 0.25) is 0 Å². The highest BCUT2D eigenvalue weighted by Gasteiger charge is 2.24. The van der Waals surface area contributed by atoms with Crippen LogP contribution in [0.25, 0.3) is 0 Å². The van der Waals surface area contributed by atoms with E-state index < -0.39 is 15.8 Å². The van der Waals surface area contributed by atoms with E-state index in [0.29, 0.717) is 5.56 Å². The SMILES string of the molecule is Cc1ccc(NS(=O)(=O)c2c(C)noc2C)cc1F. The van der Waals surface area contributed by atoms with E-state index >= 15 is 0 Å². The van der Waals surface area contributed by atoms with Crippen molar-refractivity contribution in [1.82, 2.24) is 5.16 Å². The molecule has 1 aromatic heterocycles. The summed E-state index contributed by atoms with van der Waals surface area (Å²) in [6, 6.07) is 4.12. The summed E-state index contributed by atoms with van der Waals surface area (Å²) in [7, 11) is -3.83. The van der Waals surface area contributed by atoms with E-state index in [-0.39, 0.29) is 22.0 Å². The Morgan fingerprint density at radius 1 is 1.26 bits per heavy atom. The molecule has 0 unspecified atom stereocenters. The van der Waals surface area contributed by atoms with Crippen LogP contribution in [0.4, 0.5) is 10.1 Å². The van der Waals surface area contributed by atoms with Crippen molar-refractivity contribution in [2.45, 2.75) is 25.7 Å². The Balaban J connectivity index is 2.39. The van der Waals surface area contributed by atoms with Gasteiger partial charge in [-0.05, 0) is 38.5 Å². The van der Waals surface area contributed by atoms with Crippen LogP contribution in [-0.2, 0) is 10.0 Å². The second-order valence-corrected chi connectivity index (χ2v) is 5.84. The van der Waals surface area contributed by atoms with Crippen LogP contribution in [0.2, 0.25) is 0 Å². The van der Waals surface area contributed by atoms with Crippen LogP contribution >= 0.6 is 0 Å². The molecule has 0 radical (unpaired) electrons. The summed E-state index contributed by atoms with van der Waals surface area (Å²) in [5.74, 6) is -0.281. The van der Waals surface area contributed by atoms with Gasteiger partial charge in [-0.1, -0.05) is 11.2 Å². The number of rotatable bonds is 3. The summed E-state index contributed by atoms with van der Waals surface area (Å²) >= 11 is 0. The fraction of sp³-hybridized carbons (Fsp3) is 0.250. The average Bonchev–Trinajstić information content (AvgIpc) is 2.64. The van der Waals surface area contributed by atoms with Crippen LogP contribution in [0.5, 0.6) is 0 Å². The Labute approximate surface area is 110 Å². The topological polar surface area (TPSA) is 72.2 Å². The van der Waals surface area contributed by atoms with Gasteiger partial charge >= 0.3 is 0 Å². The molecule has 0 aliphatic heterocycles. The third kappa shape index (κ3) is 2.60. The highest BCUT2D eigenvalue weighted by Crippen LogP contribution is 2.23. The largest absolute Gasteiger partial charge is 0.360 e. The number of hydrogen-bond acceptors (Lipinski definition) is 4. The summed E-state index contributed by atoms with van der Waals surface area (Å²) in [6.45, 7) is 4.63. The molecule has 0 fully saturated rings. The Morgan fingerprint density at radius 2 is 1.95 bits per heavy atom. The van der Waals surface area contributed by atoms with E-state index in [1.165, 1.54) is 26.0 Å². The van der Waals surface area contributed by atoms with Crippen molar-refractivity contribution in [3.05, 3.63) is 41.0 Å². The molecule has 7 heteroatoms. The standard InChI is InChI=1S/C12H13FN2O3S/c1-7-4-5-10(6-11(7)13)15-19(16,17)12-8(2)14-18-9(12)3/h4-6,15H,1-3H3. The Bertz CT molecular complexity index is 703. The van der Waals surface area contributed by atoms with E-state index in [4.69, 9.17) is 4.52 Å². The molecule has 0 saturated carbocycles. The first-order chi connectivity index (χ1) is 8.81. The zero-order valence-electron chi connectivity index (χ0n) is 10.7. The molecule has 0 atom stereocenters. The van der Waals surface area contributed by atoms with Gasteiger partial charge in [0.1, 0.15) is 11.5 Å².